The van der Waals surface area contributed by atoms with Crippen molar-refractivity contribution < 1.29 is 5.11 Å². The van der Waals surface area contributed by atoms with Crippen molar-refractivity contribution in [2.24, 2.45) is 16.7 Å². The Kier molecular flexibility index (Phi) is 5.43. The molecule has 110 valence electrons. The standard InChI is InChI=1S/C18H32O/c1-7-8-11-16(19)17(4,5)18(6)12-9-10-15(13-18)14(2)3/h9,12,15-16,19H,2,7-8,10-11,13H2,1,3-6H3/t15-,16?,18+/m0/s1. The van der Waals surface area contributed by atoms with Gasteiger partial charge >= 0.3 is 0 Å². The van der Waals surface area contributed by atoms with E-state index in [0.717, 1.165) is 32.1 Å². The van der Waals surface area contributed by atoms with Crippen molar-refractivity contribution >= 4 is 0 Å². The molecule has 1 heteroatoms. The van der Waals surface area contributed by atoms with E-state index in [1.807, 2.05) is 0 Å². The molecule has 19 heavy (non-hydrogen) atoms. The summed E-state index contributed by atoms with van der Waals surface area (Å²) in [6, 6.07) is 0. The Hall–Kier alpha value is -0.560. The summed E-state index contributed by atoms with van der Waals surface area (Å²) in [5.41, 5.74) is 1.24. The van der Waals surface area contributed by atoms with E-state index in [-0.39, 0.29) is 16.9 Å². The summed E-state index contributed by atoms with van der Waals surface area (Å²) < 4.78 is 0. The van der Waals surface area contributed by atoms with Crippen LogP contribution in [0.4, 0.5) is 0 Å². The van der Waals surface area contributed by atoms with Crippen molar-refractivity contribution in [1.29, 1.82) is 0 Å². The van der Waals surface area contributed by atoms with Gasteiger partial charge in [0.05, 0.1) is 6.10 Å². The first kappa shape index (κ1) is 16.5. The normalized spacial score (nSPS) is 29.3. The van der Waals surface area contributed by atoms with Crippen molar-refractivity contribution in [3.63, 3.8) is 0 Å². The summed E-state index contributed by atoms with van der Waals surface area (Å²) in [6.45, 7) is 15.2. The number of rotatable bonds is 6. The van der Waals surface area contributed by atoms with Crippen LogP contribution in [-0.2, 0) is 0 Å². The summed E-state index contributed by atoms with van der Waals surface area (Å²) in [6.07, 6.45) is 9.76. The minimum absolute atomic E-state index is 0.0576. The molecular weight excluding hydrogens is 232 g/mol. The molecule has 0 radical (unpaired) electrons. The van der Waals surface area contributed by atoms with Gasteiger partial charge in [-0.3, -0.25) is 0 Å². The number of aliphatic hydroxyl groups excluding tert-OH is 1. The predicted octanol–water partition coefficient (Wildman–Crippen LogP) is 5.11. The van der Waals surface area contributed by atoms with E-state index in [1.54, 1.807) is 0 Å². The summed E-state index contributed by atoms with van der Waals surface area (Å²) in [5, 5.41) is 10.6. The van der Waals surface area contributed by atoms with Crippen LogP contribution in [0.25, 0.3) is 0 Å². The average molecular weight is 264 g/mol. The Bertz CT molecular complexity index is 340. The number of aliphatic hydroxyl groups is 1. The molecule has 1 rings (SSSR count). The van der Waals surface area contributed by atoms with Crippen molar-refractivity contribution in [1.82, 2.24) is 0 Å². The third-order valence-corrected chi connectivity index (χ3v) is 5.41. The van der Waals surface area contributed by atoms with Crippen molar-refractivity contribution in [3.05, 3.63) is 24.3 Å². The van der Waals surface area contributed by atoms with Gasteiger partial charge in [-0.05, 0) is 42.9 Å². The van der Waals surface area contributed by atoms with Crippen LogP contribution < -0.4 is 0 Å². The lowest BCUT2D eigenvalue weighted by molar-refractivity contribution is -0.0376. The smallest absolute Gasteiger partial charge is 0.0599 e. The molecule has 1 aliphatic carbocycles. The maximum Gasteiger partial charge on any atom is 0.0599 e. The molecule has 1 unspecified atom stereocenters. The lowest BCUT2D eigenvalue weighted by Gasteiger charge is -2.49. The molecule has 1 N–H and O–H groups in total. The molecule has 0 aliphatic heterocycles. The molecule has 0 fully saturated rings. The Labute approximate surface area is 119 Å². The fourth-order valence-electron chi connectivity index (χ4n) is 3.15. The first-order valence-electron chi connectivity index (χ1n) is 7.75. The third kappa shape index (κ3) is 3.51. The second kappa shape index (κ2) is 6.26. The van der Waals surface area contributed by atoms with E-state index in [4.69, 9.17) is 0 Å². The molecule has 0 aromatic heterocycles. The first-order valence-corrected chi connectivity index (χ1v) is 7.75. The molecule has 1 aliphatic rings. The van der Waals surface area contributed by atoms with Gasteiger partial charge in [-0.2, -0.15) is 0 Å². The second-order valence-corrected chi connectivity index (χ2v) is 7.18. The molecule has 0 saturated heterocycles. The Morgan fingerprint density at radius 1 is 1.53 bits per heavy atom. The van der Waals surface area contributed by atoms with Crippen LogP contribution in [0.2, 0.25) is 0 Å². The van der Waals surface area contributed by atoms with Crippen molar-refractivity contribution in [3.8, 4) is 0 Å². The van der Waals surface area contributed by atoms with E-state index in [1.165, 1.54) is 5.57 Å². The summed E-state index contributed by atoms with van der Waals surface area (Å²) in [4.78, 5) is 0. The lowest BCUT2D eigenvalue weighted by atomic mass is 9.57. The van der Waals surface area contributed by atoms with Gasteiger partial charge < -0.3 is 5.11 Å². The summed E-state index contributed by atoms with van der Waals surface area (Å²) in [5.74, 6) is 0.563. The Morgan fingerprint density at radius 2 is 2.16 bits per heavy atom. The Morgan fingerprint density at radius 3 is 2.68 bits per heavy atom. The van der Waals surface area contributed by atoms with E-state index in [9.17, 15) is 5.11 Å². The van der Waals surface area contributed by atoms with Crippen LogP contribution in [0.3, 0.4) is 0 Å². The van der Waals surface area contributed by atoms with Crippen LogP contribution in [-0.4, -0.2) is 11.2 Å². The van der Waals surface area contributed by atoms with Crippen LogP contribution >= 0.6 is 0 Å². The molecule has 0 aromatic rings. The largest absolute Gasteiger partial charge is 0.393 e. The molecule has 0 spiro atoms. The third-order valence-electron chi connectivity index (χ3n) is 5.41. The van der Waals surface area contributed by atoms with Gasteiger partial charge in [0.15, 0.2) is 0 Å². The fourth-order valence-corrected chi connectivity index (χ4v) is 3.15. The van der Waals surface area contributed by atoms with Gasteiger partial charge in [0.25, 0.3) is 0 Å². The van der Waals surface area contributed by atoms with Crippen molar-refractivity contribution in [2.45, 2.75) is 72.8 Å². The highest BCUT2D eigenvalue weighted by Gasteiger charge is 2.45. The molecule has 0 bridgehead atoms. The molecule has 0 aromatic carbocycles. The summed E-state index contributed by atoms with van der Waals surface area (Å²) >= 11 is 0. The molecule has 0 amide bonds. The lowest BCUT2D eigenvalue weighted by Crippen LogP contribution is -2.45. The maximum absolute atomic E-state index is 10.6. The summed E-state index contributed by atoms with van der Waals surface area (Å²) in [7, 11) is 0. The molecule has 3 atom stereocenters. The highest BCUT2D eigenvalue weighted by atomic mass is 16.3. The highest BCUT2D eigenvalue weighted by Crippen LogP contribution is 2.51. The SMILES string of the molecule is C=C(C)[C@H]1CC=C[C@@](C)(C(C)(C)C(O)CCCC)C1. The molecule has 1 nitrogen and oxygen atoms in total. The fraction of sp³-hybridized carbons (Fsp3) is 0.778. The van der Waals surface area contributed by atoms with E-state index in [2.05, 4.69) is 53.3 Å². The predicted molar refractivity (Wildman–Crippen MR) is 84.1 cm³/mol. The quantitative estimate of drug-likeness (QED) is 0.661. The zero-order valence-electron chi connectivity index (χ0n) is 13.5. The zero-order chi connectivity index (χ0) is 14.7. The van der Waals surface area contributed by atoms with Crippen LogP contribution in [0.15, 0.2) is 24.3 Å². The topological polar surface area (TPSA) is 20.2 Å². The number of hydrogen-bond acceptors (Lipinski definition) is 1. The zero-order valence-corrected chi connectivity index (χ0v) is 13.5. The van der Waals surface area contributed by atoms with Gasteiger partial charge in [0, 0.05) is 0 Å². The van der Waals surface area contributed by atoms with E-state index < -0.39 is 0 Å². The van der Waals surface area contributed by atoms with Gasteiger partial charge in [0.2, 0.25) is 0 Å². The molecule has 0 saturated carbocycles. The van der Waals surface area contributed by atoms with Crippen LogP contribution in [0.5, 0.6) is 0 Å². The Balaban J connectivity index is 2.88. The number of hydrogen-bond donors (Lipinski definition) is 1. The van der Waals surface area contributed by atoms with Crippen LogP contribution in [0, 0.1) is 16.7 Å². The molecule has 0 heterocycles. The van der Waals surface area contributed by atoms with E-state index >= 15 is 0 Å². The van der Waals surface area contributed by atoms with Crippen LogP contribution in [0.1, 0.15) is 66.7 Å². The monoisotopic (exact) mass is 264 g/mol. The first-order chi connectivity index (χ1) is 8.74. The minimum atomic E-state index is -0.231. The second-order valence-electron chi connectivity index (χ2n) is 7.18. The van der Waals surface area contributed by atoms with Gasteiger partial charge in [-0.15, -0.1) is 0 Å². The van der Waals surface area contributed by atoms with Crippen molar-refractivity contribution in [2.75, 3.05) is 0 Å². The van der Waals surface area contributed by atoms with Gasteiger partial charge in [0.1, 0.15) is 0 Å². The molecular formula is C18H32O. The number of allylic oxidation sites excluding steroid dienone is 3. The van der Waals surface area contributed by atoms with Gasteiger partial charge in [-0.1, -0.05) is 64.8 Å². The van der Waals surface area contributed by atoms with Gasteiger partial charge in [-0.25, -0.2) is 0 Å². The average Bonchev–Trinajstić information content (AvgIpc) is 2.35. The number of unbranched alkanes of at least 4 members (excludes halogenated alkanes) is 1. The van der Waals surface area contributed by atoms with E-state index in [0.29, 0.717) is 5.92 Å². The minimum Gasteiger partial charge on any atom is -0.393 e. The maximum atomic E-state index is 10.6. The highest BCUT2D eigenvalue weighted by molar-refractivity contribution is 5.15.